The monoisotopic (exact) mass is 606 g/mol. The molecular weight excluding hydrogens is 568 g/mol. The molecule has 2 aliphatic rings. The lowest BCUT2D eigenvalue weighted by Gasteiger charge is -2.25. The number of methoxy groups -OCH3 is 4. The SMILES string of the molecule is COCCN1CC(=O)N[C@H]2CN(Cc3ccc(OC)c(OC)c3OC)C[C@@H]2OCc2cccc(c2)Oc2cncc(c2)C1=O. The molecule has 0 saturated carbocycles. The van der Waals surface area contributed by atoms with Crippen LogP contribution in [0.25, 0.3) is 0 Å². The number of hydrogen-bond acceptors (Lipinski definition) is 10. The molecule has 2 aliphatic heterocycles. The van der Waals surface area contributed by atoms with Gasteiger partial charge in [-0.25, -0.2) is 0 Å². The number of amides is 2. The minimum absolute atomic E-state index is 0.154. The lowest BCUT2D eigenvalue weighted by molar-refractivity contribution is -0.123. The fourth-order valence-corrected chi connectivity index (χ4v) is 5.51. The topological polar surface area (TPSA) is 121 Å². The van der Waals surface area contributed by atoms with Crippen LogP contribution in [0, 0.1) is 0 Å². The van der Waals surface area contributed by atoms with Gasteiger partial charge in [0.2, 0.25) is 11.7 Å². The molecule has 1 saturated heterocycles. The van der Waals surface area contributed by atoms with Gasteiger partial charge >= 0.3 is 0 Å². The molecule has 12 heteroatoms. The lowest BCUT2D eigenvalue weighted by atomic mass is 10.1. The van der Waals surface area contributed by atoms with Gasteiger partial charge in [-0.05, 0) is 29.8 Å². The minimum atomic E-state index is -0.350. The van der Waals surface area contributed by atoms with Crippen LogP contribution >= 0.6 is 0 Å². The van der Waals surface area contributed by atoms with Crippen molar-refractivity contribution < 1.29 is 38.0 Å². The van der Waals surface area contributed by atoms with Crippen molar-refractivity contribution in [3.05, 3.63) is 71.5 Å². The molecule has 1 fully saturated rings. The van der Waals surface area contributed by atoms with E-state index in [4.69, 9.17) is 28.4 Å². The number of aromatic nitrogens is 1. The first-order chi connectivity index (χ1) is 21.4. The fraction of sp³-hybridized carbons (Fsp3) is 0.406. The van der Waals surface area contributed by atoms with Crippen LogP contribution in [0.3, 0.4) is 0 Å². The molecule has 0 aliphatic carbocycles. The molecule has 12 nitrogen and oxygen atoms in total. The molecule has 2 amide bonds. The molecule has 3 aromatic rings. The number of fused-ring (bicyclic) bond motifs is 5. The van der Waals surface area contributed by atoms with Crippen LogP contribution in [0.2, 0.25) is 0 Å². The molecule has 2 aromatic carbocycles. The number of hydrogen-bond donors (Lipinski definition) is 1. The zero-order valence-electron chi connectivity index (χ0n) is 25.4. The summed E-state index contributed by atoms with van der Waals surface area (Å²) in [5, 5.41) is 3.13. The molecule has 5 rings (SSSR count). The molecule has 3 heterocycles. The third-order valence-electron chi connectivity index (χ3n) is 7.61. The zero-order chi connectivity index (χ0) is 31.1. The Hall–Kier alpha value is -4.39. The average molecular weight is 607 g/mol. The molecule has 0 unspecified atom stereocenters. The Morgan fingerprint density at radius 3 is 2.57 bits per heavy atom. The fourth-order valence-electron chi connectivity index (χ4n) is 5.51. The van der Waals surface area contributed by atoms with E-state index in [2.05, 4.69) is 15.2 Å². The van der Waals surface area contributed by atoms with E-state index in [0.717, 1.165) is 11.1 Å². The first-order valence-corrected chi connectivity index (χ1v) is 14.3. The van der Waals surface area contributed by atoms with Gasteiger partial charge in [0, 0.05) is 45.0 Å². The van der Waals surface area contributed by atoms with E-state index < -0.39 is 0 Å². The number of benzene rings is 2. The highest BCUT2D eigenvalue weighted by Gasteiger charge is 2.36. The number of ether oxygens (including phenoxy) is 6. The van der Waals surface area contributed by atoms with Crippen LogP contribution in [0.15, 0.2) is 54.9 Å². The van der Waals surface area contributed by atoms with E-state index in [0.29, 0.717) is 60.6 Å². The van der Waals surface area contributed by atoms with Crippen LogP contribution < -0.4 is 24.3 Å². The molecule has 2 atom stereocenters. The van der Waals surface area contributed by atoms with Gasteiger partial charge in [-0.2, -0.15) is 0 Å². The number of likely N-dealkylation sites (tertiary alicyclic amines) is 1. The van der Waals surface area contributed by atoms with E-state index >= 15 is 0 Å². The first-order valence-electron chi connectivity index (χ1n) is 14.3. The molecule has 234 valence electrons. The minimum Gasteiger partial charge on any atom is -0.493 e. The van der Waals surface area contributed by atoms with Crippen molar-refractivity contribution in [2.45, 2.75) is 25.3 Å². The van der Waals surface area contributed by atoms with Gasteiger partial charge in [-0.3, -0.25) is 19.5 Å². The Balaban J connectivity index is 1.42. The Morgan fingerprint density at radius 1 is 0.955 bits per heavy atom. The highest BCUT2D eigenvalue weighted by molar-refractivity contribution is 5.96. The molecular formula is C32H38N4O8. The number of pyridine rings is 1. The normalized spacial score (nSPS) is 19.1. The van der Waals surface area contributed by atoms with E-state index in [1.54, 1.807) is 40.7 Å². The van der Waals surface area contributed by atoms with Gasteiger partial charge in [0.25, 0.3) is 5.91 Å². The summed E-state index contributed by atoms with van der Waals surface area (Å²) in [4.78, 5) is 34.8. The molecule has 0 radical (unpaired) electrons. The Labute approximate surface area is 256 Å². The lowest BCUT2D eigenvalue weighted by Crippen LogP contribution is -2.49. The maximum Gasteiger partial charge on any atom is 0.256 e. The largest absolute Gasteiger partial charge is 0.493 e. The number of nitrogens with zero attached hydrogens (tertiary/aromatic N) is 3. The van der Waals surface area contributed by atoms with E-state index in [9.17, 15) is 9.59 Å². The second kappa shape index (κ2) is 14.4. The summed E-state index contributed by atoms with van der Waals surface area (Å²) in [6.07, 6.45) is 2.69. The summed E-state index contributed by atoms with van der Waals surface area (Å²) in [5.41, 5.74) is 2.13. The van der Waals surface area contributed by atoms with E-state index in [1.165, 1.54) is 11.1 Å². The molecule has 44 heavy (non-hydrogen) atoms. The van der Waals surface area contributed by atoms with Crippen molar-refractivity contribution in [3.8, 4) is 28.7 Å². The summed E-state index contributed by atoms with van der Waals surface area (Å²) < 4.78 is 34.4. The highest BCUT2D eigenvalue weighted by Crippen LogP contribution is 2.40. The Morgan fingerprint density at radius 2 is 1.80 bits per heavy atom. The second-order valence-electron chi connectivity index (χ2n) is 10.6. The summed E-state index contributed by atoms with van der Waals surface area (Å²) in [5.74, 6) is 2.04. The van der Waals surface area contributed by atoms with Gasteiger partial charge in [0.1, 0.15) is 11.5 Å². The Bertz CT molecular complexity index is 1470. The van der Waals surface area contributed by atoms with Gasteiger partial charge in [0.15, 0.2) is 11.5 Å². The molecule has 4 bridgehead atoms. The summed E-state index contributed by atoms with van der Waals surface area (Å²) in [6, 6.07) is 12.6. The summed E-state index contributed by atoms with van der Waals surface area (Å²) in [6.45, 7) is 2.27. The van der Waals surface area contributed by atoms with Crippen LogP contribution in [-0.4, -0.2) is 100.0 Å². The number of carbonyl (C=O) groups excluding carboxylic acids is 2. The van der Waals surface area contributed by atoms with E-state index in [-0.39, 0.29) is 43.7 Å². The van der Waals surface area contributed by atoms with Gasteiger partial charge in [0.05, 0.1) is 65.0 Å². The first kappa shape index (κ1) is 31.0. The Kier molecular flexibility index (Phi) is 10.2. The van der Waals surface area contributed by atoms with E-state index in [1.807, 2.05) is 36.4 Å². The maximum atomic E-state index is 13.5. The van der Waals surface area contributed by atoms with Crippen LogP contribution in [0.4, 0.5) is 0 Å². The predicted octanol–water partition coefficient (Wildman–Crippen LogP) is 2.89. The van der Waals surface area contributed by atoms with Crippen molar-refractivity contribution in [2.24, 2.45) is 0 Å². The number of rotatable bonds is 8. The maximum absolute atomic E-state index is 13.5. The smallest absolute Gasteiger partial charge is 0.256 e. The van der Waals surface area contributed by atoms with Crippen LogP contribution in [-0.2, 0) is 27.4 Å². The summed E-state index contributed by atoms with van der Waals surface area (Å²) >= 11 is 0. The predicted molar refractivity (Wildman–Crippen MR) is 160 cm³/mol. The highest BCUT2D eigenvalue weighted by atomic mass is 16.5. The third kappa shape index (κ3) is 7.21. The molecule has 0 spiro atoms. The zero-order valence-corrected chi connectivity index (χ0v) is 25.4. The number of carbonyl (C=O) groups is 2. The van der Waals surface area contributed by atoms with Gasteiger partial charge < -0.3 is 38.6 Å². The van der Waals surface area contributed by atoms with Crippen LogP contribution in [0.1, 0.15) is 21.5 Å². The quantitative estimate of drug-likeness (QED) is 0.410. The second-order valence-corrected chi connectivity index (χ2v) is 10.6. The number of nitrogens with one attached hydrogen (secondary N) is 1. The third-order valence-corrected chi connectivity index (χ3v) is 7.61. The van der Waals surface area contributed by atoms with Crippen LogP contribution in [0.5, 0.6) is 28.7 Å². The van der Waals surface area contributed by atoms with Crippen molar-refractivity contribution in [3.63, 3.8) is 0 Å². The van der Waals surface area contributed by atoms with Crippen molar-refractivity contribution in [1.82, 2.24) is 20.1 Å². The van der Waals surface area contributed by atoms with Crippen molar-refractivity contribution >= 4 is 11.8 Å². The van der Waals surface area contributed by atoms with Gasteiger partial charge in [-0.1, -0.05) is 18.2 Å². The average Bonchev–Trinajstić information content (AvgIpc) is 3.41. The van der Waals surface area contributed by atoms with Crippen molar-refractivity contribution in [1.29, 1.82) is 0 Å². The van der Waals surface area contributed by atoms with Gasteiger partial charge in [-0.15, -0.1) is 0 Å². The van der Waals surface area contributed by atoms with Crippen molar-refractivity contribution in [2.75, 3.05) is 61.2 Å². The molecule has 1 N–H and O–H groups in total. The summed E-state index contributed by atoms with van der Waals surface area (Å²) in [7, 11) is 6.30. The molecule has 1 aromatic heterocycles. The standard InChI is InChI=1S/C32H38N4O8/c1-39-11-10-36-19-29(37)34-26-17-35(16-22-8-9-27(40-2)31(42-4)30(22)41-3)18-28(26)43-20-21-6-5-7-24(12-21)44-25-13-23(32(36)38)14-33-15-25/h5-9,12-15,26,28H,10-11,16-20H2,1-4H3,(H,34,37)/t26-,28-/m0/s1.